The molecule has 158 valence electrons. The Morgan fingerprint density at radius 3 is 2.69 bits per heavy atom. The van der Waals surface area contributed by atoms with Crippen LogP contribution < -0.4 is 10.6 Å². The van der Waals surface area contributed by atoms with Gasteiger partial charge in [0.05, 0.1) is 12.2 Å². The van der Waals surface area contributed by atoms with Crippen LogP contribution in [0, 0.1) is 13.8 Å². The Labute approximate surface area is 174 Å². The Hall–Kier alpha value is -2.50. The van der Waals surface area contributed by atoms with Crippen LogP contribution in [0.3, 0.4) is 0 Å². The lowest BCUT2D eigenvalue weighted by molar-refractivity contribution is 0.465. The third-order valence-electron chi connectivity index (χ3n) is 5.92. The molecule has 1 atom stereocenters. The van der Waals surface area contributed by atoms with Crippen molar-refractivity contribution < 1.29 is 5.11 Å². The van der Waals surface area contributed by atoms with Crippen molar-refractivity contribution in [2.75, 3.05) is 6.54 Å². The van der Waals surface area contributed by atoms with Crippen LogP contribution in [0.5, 0.6) is 5.75 Å². The molecule has 29 heavy (non-hydrogen) atoms. The van der Waals surface area contributed by atoms with Gasteiger partial charge in [0.1, 0.15) is 5.75 Å². The maximum Gasteiger partial charge on any atom is 0.191 e. The highest BCUT2D eigenvalue weighted by Crippen LogP contribution is 2.31. The highest BCUT2D eigenvalue weighted by Gasteiger charge is 2.17. The summed E-state index contributed by atoms with van der Waals surface area (Å²) in [6.45, 7) is 9.70. The average Bonchev–Trinajstić information content (AvgIpc) is 2.93. The van der Waals surface area contributed by atoms with Crippen molar-refractivity contribution in [3.63, 3.8) is 0 Å². The number of phenolic OH excluding ortho intramolecular Hbond substituents is 1. The van der Waals surface area contributed by atoms with Crippen LogP contribution in [-0.2, 0) is 32.9 Å². The molecule has 6 nitrogen and oxygen atoms in total. The Balaban J connectivity index is 1.73. The topological polar surface area (TPSA) is 74.5 Å². The zero-order chi connectivity index (χ0) is 21.0. The number of hydrogen-bond donors (Lipinski definition) is 3. The minimum absolute atomic E-state index is 0.215. The van der Waals surface area contributed by atoms with Gasteiger partial charge in [-0.1, -0.05) is 6.07 Å². The molecule has 0 saturated carbocycles. The number of hydrogen-bond acceptors (Lipinski definition) is 3. The summed E-state index contributed by atoms with van der Waals surface area (Å²) in [4.78, 5) is 4.80. The number of phenols is 1. The standard InChI is InChI=1S/C23H35N5O/c1-6-24-23(26-15(2)13-20-16(3)27-28(5)17(20)4)25-14-21-19-10-8-7-9-18(19)11-12-22(21)29/h11-12,15,29H,6-10,13-14H2,1-5H3,(H2,24,25,26). The van der Waals surface area contributed by atoms with Crippen molar-refractivity contribution in [1.29, 1.82) is 0 Å². The number of aromatic hydroxyl groups is 1. The molecule has 3 rings (SSSR count). The van der Waals surface area contributed by atoms with Crippen molar-refractivity contribution in [2.45, 2.75) is 72.4 Å². The fourth-order valence-corrected chi connectivity index (χ4v) is 4.25. The van der Waals surface area contributed by atoms with Crippen molar-refractivity contribution in [1.82, 2.24) is 20.4 Å². The maximum absolute atomic E-state index is 10.4. The molecule has 1 aliphatic carbocycles. The van der Waals surface area contributed by atoms with Gasteiger partial charge in [0.25, 0.3) is 0 Å². The van der Waals surface area contributed by atoms with Crippen molar-refractivity contribution in [3.8, 4) is 5.75 Å². The number of aryl methyl sites for hydroxylation is 3. The molecular formula is C23H35N5O. The van der Waals surface area contributed by atoms with Gasteiger partial charge >= 0.3 is 0 Å². The molecule has 1 aromatic carbocycles. The van der Waals surface area contributed by atoms with Gasteiger partial charge in [0.15, 0.2) is 5.96 Å². The number of aliphatic imine (C=N–C) groups is 1. The Kier molecular flexibility index (Phi) is 6.83. The zero-order valence-electron chi connectivity index (χ0n) is 18.5. The van der Waals surface area contributed by atoms with E-state index >= 15 is 0 Å². The number of guanidine groups is 1. The minimum atomic E-state index is 0.215. The predicted molar refractivity (Wildman–Crippen MR) is 119 cm³/mol. The van der Waals surface area contributed by atoms with E-state index in [1.807, 2.05) is 17.8 Å². The Bertz CT molecular complexity index is 884. The number of fused-ring (bicyclic) bond motifs is 1. The number of aromatic nitrogens is 2. The van der Waals surface area contributed by atoms with Crippen LogP contribution in [0.15, 0.2) is 17.1 Å². The van der Waals surface area contributed by atoms with Crippen LogP contribution in [0.2, 0.25) is 0 Å². The van der Waals surface area contributed by atoms with Gasteiger partial charge in [-0.2, -0.15) is 5.10 Å². The highest BCUT2D eigenvalue weighted by atomic mass is 16.3. The fraction of sp³-hybridized carbons (Fsp3) is 0.565. The lowest BCUT2D eigenvalue weighted by Crippen LogP contribution is -2.43. The quantitative estimate of drug-likeness (QED) is 0.516. The van der Waals surface area contributed by atoms with Crippen LogP contribution in [0.1, 0.15) is 60.3 Å². The monoisotopic (exact) mass is 397 g/mol. The first-order valence-electron chi connectivity index (χ1n) is 10.8. The summed E-state index contributed by atoms with van der Waals surface area (Å²) in [6, 6.07) is 4.11. The van der Waals surface area contributed by atoms with E-state index in [2.05, 4.69) is 49.5 Å². The van der Waals surface area contributed by atoms with E-state index in [0.717, 1.165) is 43.0 Å². The van der Waals surface area contributed by atoms with Gasteiger partial charge in [0, 0.05) is 30.9 Å². The molecule has 0 amide bonds. The van der Waals surface area contributed by atoms with E-state index in [1.54, 1.807) is 0 Å². The lowest BCUT2D eigenvalue weighted by Gasteiger charge is -2.21. The molecule has 1 aromatic heterocycles. The second-order valence-electron chi connectivity index (χ2n) is 8.13. The average molecular weight is 398 g/mol. The van der Waals surface area contributed by atoms with E-state index in [1.165, 1.54) is 35.2 Å². The molecule has 0 aliphatic heterocycles. The van der Waals surface area contributed by atoms with Gasteiger partial charge < -0.3 is 15.7 Å². The van der Waals surface area contributed by atoms with E-state index in [-0.39, 0.29) is 6.04 Å². The van der Waals surface area contributed by atoms with Gasteiger partial charge in [0.2, 0.25) is 0 Å². The third kappa shape index (κ3) is 4.92. The first-order chi connectivity index (χ1) is 13.9. The van der Waals surface area contributed by atoms with Gasteiger partial charge in [-0.05, 0) is 82.6 Å². The van der Waals surface area contributed by atoms with Crippen LogP contribution in [-0.4, -0.2) is 33.4 Å². The van der Waals surface area contributed by atoms with Gasteiger partial charge in [-0.25, -0.2) is 4.99 Å². The summed E-state index contributed by atoms with van der Waals surface area (Å²) in [5.41, 5.74) is 7.23. The van der Waals surface area contributed by atoms with Crippen LogP contribution in [0.4, 0.5) is 0 Å². The summed E-state index contributed by atoms with van der Waals surface area (Å²) >= 11 is 0. The van der Waals surface area contributed by atoms with E-state index < -0.39 is 0 Å². The Morgan fingerprint density at radius 2 is 2.00 bits per heavy atom. The maximum atomic E-state index is 10.4. The predicted octanol–water partition coefficient (Wildman–Crippen LogP) is 3.31. The molecule has 0 bridgehead atoms. The van der Waals surface area contributed by atoms with Crippen LogP contribution in [0.25, 0.3) is 0 Å². The lowest BCUT2D eigenvalue weighted by atomic mass is 9.88. The molecule has 1 unspecified atom stereocenters. The summed E-state index contributed by atoms with van der Waals surface area (Å²) < 4.78 is 1.94. The fourth-order valence-electron chi connectivity index (χ4n) is 4.25. The molecule has 0 radical (unpaired) electrons. The molecule has 6 heteroatoms. The summed E-state index contributed by atoms with van der Waals surface area (Å²) in [5, 5.41) is 21.8. The molecule has 0 spiro atoms. The second-order valence-corrected chi connectivity index (χ2v) is 8.13. The summed E-state index contributed by atoms with van der Waals surface area (Å²) in [6.07, 6.45) is 5.45. The molecule has 1 heterocycles. The van der Waals surface area contributed by atoms with Gasteiger partial charge in [-0.15, -0.1) is 0 Å². The number of benzene rings is 1. The minimum Gasteiger partial charge on any atom is -0.508 e. The van der Waals surface area contributed by atoms with E-state index in [4.69, 9.17) is 4.99 Å². The summed E-state index contributed by atoms with van der Waals surface area (Å²) in [7, 11) is 1.99. The zero-order valence-corrected chi connectivity index (χ0v) is 18.5. The first-order valence-corrected chi connectivity index (χ1v) is 10.8. The van der Waals surface area contributed by atoms with Crippen molar-refractivity contribution in [2.24, 2.45) is 12.0 Å². The van der Waals surface area contributed by atoms with E-state index in [0.29, 0.717) is 12.3 Å². The molecule has 1 aliphatic rings. The number of rotatable bonds is 6. The Morgan fingerprint density at radius 1 is 1.24 bits per heavy atom. The molecular weight excluding hydrogens is 362 g/mol. The van der Waals surface area contributed by atoms with Crippen LogP contribution >= 0.6 is 0 Å². The largest absolute Gasteiger partial charge is 0.508 e. The number of nitrogens with zero attached hydrogens (tertiary/aromatic N) is 3. The highest BCUT2D eigenvalue weighted by molar-refractivity contribution is 5.80. The molecule has 0 saturated heterocycles. The SMILES string of the molecule is CCNC(=NCc1c(O)ccc2c1CCCC2)NC(C)Cc1c(C)nn(C)c1C. The number of nitrogens with one attached hydrogen (secondary N) is 2. The molecule has 2 aromatic rings. The molecule has 0 fully saturated rings. The van der Waals surface area contributed by atoms with Gasteiger partial charge in [-0.3, -0.25) is 4.68 Å². The normalized spacial score (nSPS) is 15.1. The molecule has 3 N–H and O–H groups in total. The van der Waals surface area contributed by atoms with Crippen molar-refractivity contribution in [3.05, 3.63) is 45.8 Å². The third-order valence-corrected chi connectivity index (χ3v) is 5.92. The second kappa shape index (κ2) is 9.33. The summed E-state index contributed by atoms with van der Waals surface area (Å²) in [5.74, 6) is 1.15. The smallest absolute Gasteiger partial charge is 0.191 e. The van der Waals surface area contributed by atoms with Crippen molar-refractivity contribution >= 4 is 5.96 Å². The first kappa shape index (κ1) is 21.2. The van der Waals surface area contributed by atoms with E-state index in [9.17, 15) is 5.11 Å².